The van der Waals surface area contributed by atoms with Gasteiger partial charge in [-0.05, 0) is 30.3 Å². The molecule has 4 rings (SSSR count). The molecule has 0 atom stereocenters. The van der Waals surface area contributed by atoms with E-state index >= 15 is 0 Å². The highest BCUT2D eigenvalue weighted by atomic mass is 32.1. The van der Waals surface area contributed by atoms with Crippen LogP contribution in [0.4, 0.5) is 8.78 Å². The van der Waals surface area contributed by atoms with Gasteiger partial charge in [-0.15, -0.1) is 11.3 Å². The van der Waals surface area contributed by atoms with Gasteiger partial charge in [-0.1, -0.05) is 18.2 Å². The molecule has 0 aliphatic carbocycles. The van der Waals surface area contributed by atoms with Gasteiger partial charge in [0, 0.05) is 25.2 Å². The number of hydrogen-bond acceptors (Lipinski definition) is 4. The first-order chi connectivity index (χ1) is 13.0. The number of benzene rings is 2. The predicted molar refractivity (Wildman–Crippen MR) is 99.5 cm³/mol. The van der Waals surface area contributed by atoms with Crippen molar-refractivity contribution in [3.8, 4) is 10.8 Å². The van der Waals surface area contributed by atoms with Gasteiger partial charge in [0.15, 0.2) is 16.5 Å². The first-order valence-electron chi connectivity index (χ1n) is 8.16. The second kappa shape index (κ2) is 6.92. The van der Waals surface area contributed by atoms with Crippen LogP contribution in [0.15, 0.2) is 59.0 Å². The summed E-state index contributed by atoms with van der Waals surface area (Å²) in [5, 5.41) is 0.683. The van der Waals surface area contributed by atoms with Crippen LogP contribution >= 0.6 is 11.3 Å². The molecule has 0 radical (unpaired) electrons. The van der Waals surface area contributed by atoms with Crippen molar-refractivity contribution in [2.45, 2.75) is 6.54 Å². The zero-order chi connectivity index (χ0) is 19.0. The van der Waals surface area contributed by atoms with Crippen molar-refractivity contribution in [3.05, 3.63) is 77.6 Å². The number of carbonyl (C=O) groups is 1. The van der Waals surface area contributed by atoms with Crippen molar-refractivity contribution in [2.24, 2.45) is 0 Å². The summed E-state index contributed by atoms with van der Waals surface area (Å²) in [7, 11) is 1.53. The first kappa shape index (κ1) is 17.4. The van der Waals surface area contributed by atoms with E-state index in [1.165, 1.54) is 29.4 Å². The molecule has 0 N–H and O–H groups in total. The second-order valence-corrected chi connectivity index (χ2v) is 7.08. The molecule has 7 heteroatoms. The first-order valence-corrected chi connectivity index (χ1v) is 8.98. The molecule has 0 aliphatic heterocycles. The minimum absolute atomic E-state index is 0.00210. The number of amides is 1. The van der Waals surface area contributed by atoms with Gasteiger partial charge in [-0.3, -0.25) is 4.79 Å². The molecular formula is C20H14F2N2O2S. The van der Waals surface area contributed by atoms with E-state index in [-0.39, 0.29) is 17.9 Å². The number of furan rings is 1. The smallest absolute Gasteiger partial charge is 0.289 e. The van der Waals surface area contributed by atoms with E-state index in [1.54, 1.807) is 12.1 Å². The van der Waals surface area contributed by atoms with E-state index in [9.17, 15) is 13.6 Å². The topological polar surface area (TPSA) is 46.3 Å². The summed E-state index contributed by atoms with van der Waals surface area (Å²) >= 11 is 1.47. The quantitative estimate of drug-likeness (QED) is 0.491. The molecule has 0 saturated heterocycles. The third kappa shape index (κ3) is 3.46. The van der Waals surface area contributed by atoms with Gasteiger partial charge in [0.05, 0.1) is 10.2 Å². The Bertz CT molecular complexity index is 1100. The molecule has 2 aromatic heterocycles. The number of fused-ring (bicyclic) bond motifs is 1. The molecule has 1 amide bonds. The Labute approximate surface area is 157 Å². The predicted octanol–water partition coefficient (Wildman–Crippen LogP) is 5.11. The van der Waals surface area contributed by atoms with Gasteiger partial charge in [0.25, 0.3) is 5.91 Å². The van der Waals surface area contributed by atoms with E-state index in [1.807, 2.05) is 24.3 Å². The summed E-state index contributed by atoms with van der Waals surface area (Å²) in [6.07, 6.45) is 0. The van der Waals surface area contributed by atoms with Gasteiger partial charge >= 0.3 is 0 Å². The van der Waals surface area contributed by atoms with Crippen molar-refractivity contribution in [1.82, 2.24) is 9.88 Å². The molecule has 0 spiro atoms. The highest BCUT2D eigenvalue weighted by Crippen LogP contribution is 2.31. The van der Waals surface area contributed by atoms with Crippen molar-refractivity contribution in [3.63, 3.8) is 0 Å². The number of aromatic nitrogens is 1. The molecule has 136 valence electrons. The number of halogens is 2. The summed E-state index contributed by atoms with van der Waals surface area (Å²) in [6.45, 7) is 0.00210. The molecule has 0 fully saturated rings. The molecule has 4 aromatic rings. The van der Waals surface area contributed by atoms with Crippen LogP contribution in [0, 0.1) is 11.6 Å². The SMILES string of the molecule is CN(Cc1ccc(F)cc1F)C(=O)c1ccc(-c2nc3ccccc3s2)o1. The Hall–Kier alpha value is -3.06. The molecule has 0 saturated carbocycles. The van der Waals surface area contributed by atoms with Crippen molar-refractivity contribution in [1.29, 1.82) is 0 Å². The highest BCUT2D eigenvalue weighted by Gasteiger charge is 2.19. The number of para-hydroxylation sites is 1. The van der Waals surface area contributed by atoms with Gasteiger partial charge < -0.3 is 9.32 Å². The third-order valence-corrected chi connectivity index (χ3v) is 5.14. The molecule has 4 nitrogen and oxygen atoms in total. The lowest BCUT2D eigenvalue weighted by Crippen LogP contribution is -2.26. The minimum Gasteiger partial charge on any atom is -0.448 e. The Morgan fingerprint density at radius 1 is 1.15 bits per heavy atom. The molecule has 0 unspecified atom stereocenters. The Balaban J connectivity index is 1.54. The average Bonchev–Trinajstić information content (AvgIpc) is 3.29. The fourth-order valence-electron chi connectivity index (χ4n) is 2.71. The monoisotopic (exact) mass is 384 g/mol. The van der Waals surface area contributed by atoms with Gasteiger partial charge in [0.1, 0.15) is 11.6 Å². The average molecular weight is 384 g/mol. The lowest BCUT2D eigenvalue weighted by Gasteiger charge is -2.16. The Morgan fingerprint density at radius 3 is 2.74 bits per heavy atom. The largest absolute Gasteiger partial charge is 0.448 e. The number of carbonyl (C=O) groups excluding carboxylic acids is 1. The molecule has 0 aliphatic rings. The molecule has 27 heavy (non-hydrogen) atoms. The van der Waals surface area contributed by atoms with E-state index < -0.39 is 17.5 Å². The van der Waals surface area contributed by atoms with Crippen LogP contribution in [0.1, 0.15) is 16.1 Å². The van der Waals surface area contributed by atoms with Crippen molar-refractivity contribution >= 4 is 27.5 Å². The Kier molecular flexibility index (Phi) is 4.45. The number of hydrogen-bond donors (Lipinski definition) is 0. The van der Waals surface area contributed by atoms with Crippen LogP contribution in [0.2, 0.25) is 0 Å². The Morgan fingerprint density at radius 2 is 1.96 bits per heavy atom. The molecule has 0 bridgehead atoms. The highest BCUT2D eigenvalue weighted by molar-refractivity contribution is 7.21. The van der Waals surface area contributed by atoms with Crippen LogP contribution < -0.4 is 0 Å². The maximum absolute atomic E-state index is 13.8. The van der Waals surface area contributed by atoms with E-state index in [0.29, 0.717) is 10.8 Å². The fraction of sp³-hybridized carbons (Fsp3) is 0.100. The summed E-state index contributed by atoms with van der Waals surface area (Å²) in [5.41, 5.74) is 1.09. The zero-order valence-corrected chi connectivity index (χ0v) is 15.1. The number of nitrogens with zero attached hydrogens (tertiary/aromatic N) is 2. The third-order valence-electron chi connectivity index (χ3n) is 4.09. The van der Waals surface area contributed by atoms with Crippen molar-refractivity contribution in [2.75, 3.05) is 7.05 Å². The second-order valence-electron chi connectivity index (χ2n) is 6.05. The van der Waals surface area contributed by atoms with E-state index in [4.69, 9.17) is 4.42 Å². The van der Waals surface area contributed by atoms with Gasteiger partial charge in [0.2, 0.25) is 0 Å². The van der Waals surface area contributed by atoms with Crippen LogP contribution in [0.5, 0.6) is 0 Å². The zero-order valence-electron chi connectivity index (χ0n) is 14.3. The summed E-state index contributed by atoms with van der Waals surface area (Å²) < 4.78 is 33.5. The summed E-state index contributed by atoms with van der Waals surface area (Å²) in [4.78, 5) is 18.4. The summed E-state index contributed by atoms with van der Waals surface area (Å²) in [6, 6.07) is 14.3. The molecular weight excluding hydrogens is 370 g/mol. The fourth-order valence-corrected chi connectivity index (χ4v) is 3.64. The molecule has 2 heterocycles. The van der Waals surface area contributed by atoms with E-state index in [2.05, 4.69) is 4.98 Å². The number of thiazole rings is 1. The lowest BCUT2D eigenvalue weighted by molar-refractivity contribution is 0.0753. The number of rotatable bonds is 4. The standard InChI is InChI=1S/C20H14F2N2O2S/c1-24(11-12-6-7-13(21)10-14(12)22)20(25)17-9-8-16(26-17)19-23-15-4-2-3-5-18(15)27-19/h2-10H,11H2,1H3. The van der Waals surface area contributed by atoms with E-state index in [0.717, 1.165) is 22.3 Å². The molecule has 2 aromatic carbocycles. The van der Waals surface area contributed by atoms with Crippen LogP contribution in [-0.2, 0) is 6.54 Å². The maximum Gasteiger partial charge on any atom is 0.289 e. The van der Waals surface area contributed by atoms with Crippen molar-refractivity contribution < 1.29 is 18.0 Å². The lowest BCUT2D eigenvalue weighted by atomic mass is 10.2. The van der Waals surface area contributed by atoms with Gasteiger partial charge in [-0.25, -0.2) is 13.8 Å². The van der Waals surface area contributed by atoms with Gasteiger partial charge in [-0.2, -0.15) is 0 Å². The van der Waals surface area contributed by atoms with Crippen LogP contribution in [0.3, 0.4) is 0 Å². The summed E-state index contributed by atoms with van der Waals surface area (Å²) in [5.74, 6) is -1.11. The van der Waals surface area contributed by atoms with Crippen LogP contribution in [-0.4, -0.2) is 22.8 Å². The maximum atomic E-state index is 13.8. The van der Waals surface area contributed by atoms with Crippen LogP contribution in [0.25, 0.3) is 21.0 Å². The normalized spacial score (nSPS) is 11.1. The minimum atomic E-state index is -0.691.